The van der Waals surface area contributed by atoms with Crippen molar-refractivity contribution in [3.05, 3.63) is 28.3 Å². The highest BCUT2D eigenvalue weighted by Gasteiger charge is 2.29. The maximum atomic E-state index is 13.5. The van der Waals surface area contributed by atoms with E-state index in [9.17, 15) is 4.79 Å². The standard InChI is InChI=1S/C23H30N8OS.ClH/c1-30-9-11-31(12-10-30)23-28-20(26-15-3-2-7-24-13-15)17(21(32)29-23)22-27-19-16(33-22)6-8-25-18(19)14-4-5-14;/h6,8,14-15,24H,2-5,7,9-13H2,1H3,(H2,26,28,29,32);1H/t15-;/m1./s1. The van der Waals surface area contributed by atoms with Gasteiger partial charge in [0.25, 0.3) is 5.56 Å². The fourth-order valence-corrected chi connectivity index (χ4v) is 5.75. The van der Waals surface area contributed by atoms with Crippen LogP contribution >= 0.6 is 23.7 Å². The number of hydrogen-bond acceptors (Lipinski definition) is 9. The van der Waals surface area contributed by atoms with Gasteiger partial charge in [-0.15, -0.1) is 23.7 Å². The first-order chi connectivity index (χ1) is 16.2. The predicted molar refractivity (Wildman–Crippen MR) is 140 cm³/mol. The van der Waals surface area contributed by atoms with E-state index in [1.54, 1.807) is 11.3 Å². The van der Waals surface area contributed by atoms with Crippen LogP contribution in [-0.2, 0) is 0 Å². The lowest BCUT2D eigenvalue weighted by atomic mass is 10.1. The molecule has 3 aliphatic rings. The zero-order valence-electron chi connectivity index (χ0n) is 19.3. The number of piperazine rings is 1. The Morgan fingerprint density at radius 2 is 1.97 bits per heavy atom. The summed E-state index contributed by atoms with van der Waals surface area (Å²) in [5.74, 6) is 1.79. The number of H-pyrrole nitrogens is 1. The lowest BCUT2D eigenvalue weighted by Gasteiger charge is -2.33. The summed E-state index contributed by atoms with van der Waals surface area (Å²) in [6.07, 6.45) is 6.37. The van der Waals surface area contributed by atoms with E-state index in [1.165, 1.54) is 12.8 Å². The average Bonchev–Trinajstić information content (AvgIpc) is 3.58. The van der Waals surface area contributed by atoms with Crippen LogP contribution in [0.1, 0.15) is 37.3 Å². The van der Waals surface area contributed by atoms with Gasteiger partial charge in [0.05, 0.1) is 10.4 Å². The fourth-order valence-electron chi connectivity index (χ4n) is 4.74. The molecule has 1 saturated carbocycles. The molecular formula is C23H31ClN8OS. The van der Waals surface area contributed by atoms with E-state index in [2.05, 4.69) is 37.4 Å². The monoisotopic (exact) mass is 502 g/mol. The second-order valence-corrected chi connectivity index (χ2v) is 10.5. The topological polar surface area (TPSA) is 102 Å². The van der Waals surface area contributed by atoms with E-state index in [0.29, 0.717) is 28.3 Å². The molecule has 3 fully saturated rings. The first-order valence-electron chi connectivity index (χ1n) is 12.0. The minimum atomic E-state index is -0.134. The molecule has 0 spiro atoms. The van der Waals surface area contributed by atoms with Gasteiger partial charge in [0.2, 0.25) is 5.95 Å². The minimum absolute atomic E-state index is 0. The fraction of sp³-hybridized carbons (Fsp3) is 0.565. The van der Waals surface area contributed by atoms with Gasteiger partial charge in [-0.05, 0) is 45.3 Å². The van der Waals surface area contributed by atoms with E-state index in [0.717, 1.165) is 68.0 Å². The number of aromatic nitrogens is 4. The van der Waals surface area contributed by atoms with E-state index in [-0.39, 0.29) is 24.0 Å². The van der Waals surface area contributed by atoms with Gasteiger partial charge in [0.1, 0.15) is 21.9 Å². The van der Waals surface area contributed by atoms with Crippen molar-refractivity contribution in [2.75, 3.05) is 56.5 Å². The second-order valence-electron chi connectivity index (χ2n) is 9.43. The molecule has 11 heteroatoms. The summed E-state index contributed by atoms with van der Waals surface area (Å²) >= 11 is 1.55. The molecule has 2 saturated heterocycles. The second kappa shape index (κ2) is 9.77. The molecule has 3 aromatic heterocycles. The van der Waals surface area contributed by atoms with Crippen LogP contribution in [0.15, 0.2) is 17.1 Å². The number of thiazole rings is 1. The highest BCUT2D eigenvalue weighted by molar-refractivity contribution is 7.21. The molecule has 0 unspecified atom stereocenters. The summed E-state index contributed by atoms with van der Waals surface area (Å²) in [5, 5.41) is 7.75. The van der Waals surface area contributed by atoms with Crippen LogP contribution < -0.4 is 21.1 Å². The lowest BCUT2D eigenvalue weighted by molar-refractivity contribution is 0.311. The number of nitrogens with one attached hydrogen (secondary N) is 3. The van der Waals surface area contributed by atoms with Gasteiger partial charge in [-0.3, -0.25) is 14.8 Å². The first-order valence-corrected chi connectivity index (χ1v) is 12.8. The maximum Gasteiger partial charge on any atom is 0.264 e. The number of nitrogens with zero attached hydrogens (tertiary/aromatic N) is 5. The highest BCUT2D eigenvalue weighted by atomic mass is 35.5. The summed E-state index contributed by atoms with van der Waals surface area (Å²) in [7, 11) is 2.12. The first kappa shape index (κ1) is 23.5. The van der Waals surface area contributed by atoms with Crippen molar-refractivity contribution in [1.82, 2.24) is 30.2 Å². The van der Waals surface area contributed by atoms with E-state index < -0.39 is 0 Å². The van der Waals surface area contributed by atoms with Crippen molar-refractivity contribution in [3.8, 4) is 10.6 Å². The zero-order chi connectivity index (χ0) is 22.4. The van der Waals surface area contributed by atoms with Crippen molar-refractivity contribution in [1.29, 1.82) is 0 Å². The molecule has 5 heterocycles. The summed E-state index contributed by atoms with van der Waals surface area (Å²) in [6, 6.07) is 2.24. The summed E-state index contributed by atoms with van der Waals surface area (Å²) in [4.78, 5) is 35.5. The van der Waals surface area contributed by atoms with E-state index >= 15 is 0 Å². The normalized spacial score (nSPS) is 21.4. The molecular weight excluding hydrogens is 472 g/mol. The van der Waals surface area contributed by atoms with Crippen LogP contribution in [0.25, 0.3) is 20.8 Å². The quantitative estimate of drug-likeness (QED) is 0.489. The van der Waals surface area contributed by atoms with Crippen LogP contribution in [0, 0.1) is 0 Å². The van der Waals surface area contributed by atoms with Gasteiger partial charge in [0.15, 0.2) is 0 Å². The Bertz CT molecular complexity index is 1210. The lowest BCUT2D eigenvalue weighted by Crippen LogP contribution is -2.46. The zero-order valence-corrected chi connectivity index (χ0v) is 21.0. The Labute approximate surface area is 208 Å². The van der Waals surface area contributed by atoms with E-state index in [1.807, 2.05) is 12.3 Å². The molecule has 2 aliphatic heterocycles. The van der Waals surface area contributed by atoms with Crippen LogP contribution in [-0.4, -0.2) is 77.2 Å². The third-order valence-corrected chi connectivity index (χ3v) is 7.90. The number of likely N-dealkylation sites (N-methyl/N-ethyl adjacent to an activating group) is 1. The average molecular weight is 503 g/mol. The number of pyridine rings is 1. The largest absolute Gasteiger partial charge is 0.365 e. The molecule has 1 atom stereocenters. The minimum Gasteiger partial charge on any atom is -0.365 e. The number of piperidine rings is 1. The Hall–Kier alpha value is -2.27. The van der Waals surface area contributed by atoms with E-state index in [4.69, 9.17) is 9.97 Å². The Morgan fingerprint density at radius 3 is 2.71 bits per heavy atom. The molecule has 0 bridgehead atoms. The molecule has 1 aliphatic carbocycles. The summed E-state index contributed by atoms with van der Waals surface area (Å²) in [5.41, 5.74) is 2.42. The van der Waals surface area contributed by atoms with Crippen LogP contribution in [0.3, 0.4) is 0 Å². The SMILES string of the molecule is CN1CCN(c2nc(N[C@@H]3CCCNC3)c(-c3nc4c(C5CC5)nccc4s3)c(=O)[nH]2)CC1.Cl. The predicted octanol–water partition coefficient (Wildman–Crippen LogP) is 2.66. The summed E-state index contributed by atoms with van der Waals surface area (Å²) < 4.78 is 1.08. The summed E-state index contributed by atoms with van der Waals surface area (Å²) in [6.45, 7) is 5.51. The van der Waals surface area contributed by atoms with Crippen molar-refractivity contribution in [2.45, 2.75) is 37.6 Å². The van der Waals surface area contributed by atoms with Gasteiger partial charge >= 0.3 is 0 Å². The molecule has 9 nitrogen and oxygen atoms in total. The van der Waals surface area contributed by atoms with Crippen molar-refractivity contribution in [2.24, 2.45) is 0 Å². The third kappa shape index (κ3) is 4.64. The highest BCUT2D eigenvalue weighted by Crippen LogP contribution is 2.43. The maximum absolute atomic E-state index is 13.5. The molecule has 34 heavy (non-hydrogen) atoms. The molecule has 6 rings (SSSR count). The van der Waals surface area contributed by atoms with Gasteiger partial charge in [-0.1, -0.05) is 0 Å². The van der Waals surface area contributed by atoms with Crippen LogP contribution in [0.2, 0.25) is 0 Å². The van der Waals surface area contributed by atoms with Crippen LogP contribution in [0.4, 0.5) is 11.8 Å². The molecule has 0 amide bonds. The third-order valence-electron chi connectivity index (χ3n) is 6.86. The Kier molecular flexibility index (Phi) is 6.74. The Balaban J connectivity index is 0.00000241. The van der Waals surface area contributed by atoms with Crippen molar-refractivity contribution >= 4 is 45.7 Å². The van der Waals surface area contributed by atoms with Gasteiger partial charge in [-0.2, -0.15) is 4.98 Å². The number of aromatic amines is 1. The molecule has 0 radical (unpaired) electrons. The number of anilines is 2. The number of halogens is 1. The smallest absolute Gasteiger partial charge is 0.264 e. The van der Waals surface area contributed by atoms with Crippen molar-refractivity contribution < 1.29 is 0 Å². The number of rotatable bonds is 5. The van der Waals surface area contributed by atoms with Gasteiger partial charge < -0.3 is 20.4 Å². The Morgan fingerprint density at radius 1 is 1.15 bits per heavy atom. The van der Waals surface area contributed by atoms with Crippen molar-refractivity contribution in [3.63, 3.8) is 0 Å². The number of fused-ring (bicyclic) bond motifs is 1. The molecule has 0 aromatic carbocycles. The number of hydrogen-bond donors (Lipinski definition) is 3. The van der Waals surface area contributed by atoms with Gasteiger partial charge in [0, 0.05) is 50.9 Å². The van der Waals surface area contributed by atoms with Crippen LogP contribution in [0.5, 0.6) is 0 Å². The molecule has 182 valence electrons. The van der Waals surface area contributed by atoms with Gasteiger partial charge in [-0.25, -0.2) is 4.98 Å². The molecule has 3 aromatic rings. The molecule has 3 N–H and O–H groups in total.